The van der Waals surface area contributed by atoms with Crippen molar-refractivity contribution >= 4 is 82.1 Å². The number of aryl methyl sites for hydroxylation is 1. The Bertz CT molecular complexity index is 2860. The zero-order valence-corrected chi connectivity index (χ0v) is 35.3. The first kappa shape index (κ1) is 39.4. The second-order valence-electron chi connectivity index (χ2n) is 14.1. The molecule has 0 saturated carbocycles. The second kappa shape index (κ2) is 16.5. The van der Waals surface area contributed by atoms with Gasteiger partial charge in [0.1, 0.15) is 0 Å². The van der Waals surface area contributed by atoms with Crippen LogP contribution in [0.1, 0.15) is 62.9 Å². The van der Waals surface area contributed by atoms with Gasteiger partial charge in [-0.15, -0.1) is 0 Å². The van der Waals surface area contributed by atoms with E-state index in [9.17, 15) is 24.0 Å². The number of fused-ring (bicyclic) bond motifs is 2. The van der Waals surface area contributed by atoms with E-state index in [-0.39, 0.29) is 33.4 Å². The standard InChI is InChI=1S/C49H32N2O5S4/c1-29-3-9-33(10-4-29)57-35-13-17-37(18-14-35)59-39-21-23-40(24-22-39)60-38-19-15-36(16-20-38)58-34-11-7-32(8-12-34)51-48(55)42-26-6-31(28-44(42)49(51)56)45(52)30-5-25-41-43(27-30)47(54)50(2)46(41)53/h3-28H,1-2H3. The number of hydrogen-bond donors (Lipinski definition) is 0. The van der Waals surface area contributed by atoms with Crippen LogP contribution in [-0.4, -0.2) is 41.4 Å². The van der Waals surface area contributed by atoms with Gasteiger partial charge in [-0.3, -0.25) is 28.9 Å². The number of nitrogens with zero attached hydrogens (tertiary/aromatic N) is 2. The van der Waals surface area contributed by atoms with E-state index in [0.29, 0.717) is 5.69 Å². The van der Waals surface area contributed by atoms with Crippen molar-refractivity contribution in [2.45, 2.75) is 46.1 Å². The van der Waals surface area contributed by atoms with Crippen molar-refractivity contribution in [1.29, 1.82) is 0 Å². The summed E-state index contributed by atoms with van der Waals surface area (Å²) in [6, 6.07) is 50.2. The molecule has 4 amide bonds. The summed E-state index contributed by atoms with van der Waals surface area (Å²) in [5, 5.41) is 0. The minimum absolute atomic E-state index is 0.124. The highest BCUT2D eigenvalue weighted by Gasteiger charge is 2.38. The summed E-state index contributed by atoms with van der Waals surface area (Å²) in [7, 11) is 1.39. The van der Waals surface area contributed by atoms with Crippen molar-refractivity contribution in [2.75, 3.05) is 11.9 Å². The lowest BCUT2D eigenvalue weighted by molar-refractivity contribution is 0.0692. The van der Waals surface area contributed by atoms with Crippen LogP contribution < -0.4 is 4.90 Å². The molecule has 60 heavy (non-hydrogen) atoms. The van der Waals surface area contributed by atoms with Gasteiger partial charge in [0.25, 0.3) is 23.6 Å². The molecule has 0 spiro atoms. The molecule has 0 unspecified atom stereocenters. The molecule has 0 N–H and O–H groups in total. The van der Waals surface area contributed by atoms with Crippen LogP contribution in [-0.2, 0) is 0 Å². The molecule has 292 valence electrons. The average molecular weight is 857 g/mol. The zero-order valence-electron chi connectivity index (χ0n) is 32.1. The first-order valence-corrected chi connectivity index (χ1v) is 22.1. The third-order valence-electron chi connectivity index (χ3n) is 10.0. The molecule has 7 nitrogen and oxygen atoms in total. The van der Waals surface area contributed by atoms with Gasteiger partial charge in [-0.2, -0.15) is 0 Å². The van der Waals surface area contributed by atoms with E-state index in [4.69, 9.17) is 0 Å². The smallest absolute Gasteiger partial charge is 0.266 e. The molecule has 0 atom stereocenters. The summed E-state index contributed by atoms with van der Waals surface area (Å²) in [5.74, 6) is -2.34. The number of carbonyl (C=O) groups is 5. The van der Waals surface area contributed by atoms with Crippen LogP contribution in [0, 0.1) is 6.92 Å². The number of imide groups is 2. The maximum Gasteiger partial charge on any atom is 0.266 e. The predicted molar refractivity (Wildman–Crippen MR) is 237 cm³/mol. The van der Waals surface area contributed by atoms with Crippen LogP contribution >= 0.6 is 47.0 Å². The first-order valence-electron chi connectivity index (χ1n) is 18.8. The lowest BCUT2D eigenvalue weighted by atomic mass is 9.96. The highest BCUT2D eigenvalue weighted by molar-refractivity contribution is 8.00. The summed E-state index contributed by atoms with van der Waals surface area (Å²) in [5.41, 5.74) is 2.80. The van der Waals surface area contributed by atoms with Crippen molar-refractivity contribution < 1.29 is 24.0 Å². The maximum atomic E-state index is 13.6. The van der Waals surface area contributed by atoms with Crippen LogP contribution in [0.2, 0.25) is 0 Å². The molecule has 2 heterocycles. The number of benzene rings is 7. The Hall–Kier alpha value is -6.11. The largest absolute Gasteiger partial charge is 0.289 e. The molecule has 0 aliphatic carbocycles. The van der Waals surface area contributed by atoms with Crippen LogP contribution in [0.15, 0.2) is 197 Å². The lowest BCUT2D eigenvalue weighted by Gasteiger charge is -2.14. The average Bonchev–Trinajstić information content (AvgIpc) is 3.65. The summed E-state index contributed by atoms with van der Waals surface area (Å²) in [6.07, 6.45) is 0. The molecule has 0 radical (unpaired) electrons. The van der Waals surface area contributed by atoms with Crippen LogP contribution in [0.25, 0.3) is 0 Å². The van der Waals surface area contributed by atoms with E-state index in [1.54, 1.807) is 59.2 Å². The molecular weight excluding hydrogens is 825 g/mol. The number of rotatable bonds is 11. The molecule has 7 aromatic carbocycles. The SMILES string of the molecule is Cc1ccc(Sc2ccc(Sc3ccc(Sc4ccc(Sc5ccc(N6C(=O)c7ccc(C(=O)c8ccc9c(c8)C(=O)N(C)C9=O)cc7C6=O)cc5)cc4)cc3)cc2)cc1. The first-order chi connectivity index (χ1) is 29.1. The minimum atomic E-state index is -0.526. The van der Waals surface area contributed by atoms with Gasteiger partial charge in [-0.1, -0.05) is 76.9 Å². The van der Waals surface area contributed by atoms with Crippen LogP contribution in [0.4, 0.5) is 5.69 Å². The second-order valence-corrected chi connectivity index (χ2v) is 18.7. The van der Waals surface area contributed by atoms with Crippen molar-refractivity contribution in [3.63, 3.8) is 0 Å². The quantitative estimate of drug-likeness (QED) is 0.0931. The predicted octanol–water partition coefficient (Wildman–Crippen LogP) is 11.9. The van der Waals surface area contributed by atoms with Gasteiger partial charge in [0, 0.05) is 57.3 Å². The molecule has 2 aliphatic rings. The van der Waals surface area contributed by atoms with Gasteiger partial charge in [0.15, 0.2) is 5.78 Å². The molecule has 9 rings (SSSR count). The summed E-state index contributed by atoms with van der Waals surface area (Å²) < 4.78 is 0. The number of anilines is 1. The van der Waals surface area contributed by atoms with Gasteiger partial charge in [0.2, 0.25) is 0 Å². The van der Waals surface area contributed by atoms with Gasteiger partial charge < -0.3 is 0 Å². The van der Waals surface area contributed by atoms with Crippen LogP contribution in [0.5, 0.6) is 0 Å². The highest BCUT2D eigenvalue weighted by Crippen LogP contribution is 2.37. The Morgan fingerprint density at radius 2 is 0.683 bits per heavy atom. The maximum absolute atomic E-state index is 13.6. The van der Waals surface area contributed by atoms with Crippen molar-refractivity contribution in [3.05, 3.63) is 197 Å². The normalized spacial score (nSPS) is 13.2. The number of carbonyl (C=O) groups excluding carboxylic acids is 5. The molecule has 11 heteroatoms. The Balaban J connectivity index is 0.793. The van der Waals surface area contributed by atoms with Gasteiger partial charge in [-0.05, 0) is 140 Å². The Kier molecular flexibility index (Phi) is 10.8. The lowest BCUT2D eigenvalue weighted by Crippen LogP contribution is -2.29. The highest BCUT2D eigenvalue weighted by atomic mass is 32.2. The summed E-state index contributed by atoms with van der Waals surface area (Å²) in [4.78, 5) is 76.4. The van der Waals surface area contributed by atoms with Gasteiger partial charge in [-0.25, -0.2) is 4.90 Å². The van der Waals surface area contributed by atoms with Crippen LogP contribution in [0.3, 0.4) is 0 Å². The van der Waals surface area contributed by atoms with E-state index in [1.807, 2.05) is 12.1 Å². The molecule has 0 aromatic heterocycles. The van der Waals surface area contributed by atoms with Gasteiger partial charge >= 0.3 is 0 Å². The van der Waals surface area contributed by atoms with Gasteiger partial charge in [0.05, 0.1) is 27.9 Å². The van der Waals surface area contributed by atoms with Crippen molar-refractivity contribution in [3.8, 4) is 0 Å². The fourth-order valence-electron chi connectivity index (χ4n) is 6.83. The third-order valence-corrected chi connectivity index (χ3v) is 14.1. The molecule has 0 saturated heterocycles. The molecular formula is C49H32N2O5S4. The molecule has 2 aliphatic heterocycles. The fraction of sp³-hybridized carbons (Fsp3) is 0.0408. The molecule has 7 aromatic rings. The molecule has 0 bridgehead atoms. The summed E-state index contributed by atoms with van der Waals surface area (Å²) >= 11 is 6.79. The third kappa shape index (κ3) is 7.97. The Morgan fingerprint density at radius 3 is 1.08 bits per heavy atom. The molecule has 0 fully saturated rings. The summed E-state index contributed by atoms with van der Waals surface area (Å²) in [6.45, 7) is 2.10. The fourth-order valence-corrected chi connectivity index (χ4v) is 10.1. The van der Waals surface area contributed by atoms with E-state index in [0.717, 1.165) is 29.4 Å². The zero-order chi connectivity index (χ0) is 41.5. The Morgan fingerprint density at radius 1 is 0.383 bits per heavy atom. The van der Waals surface area contributed by atoms with E-state index >= 15 is 0 Å². The van der Waals surface area contributed by atoms with Crippen molar-refractivity contribution in [1.82, 2.24) is 4.90 Å². The van der Waals surface area contributed by atoms with E-state index in [2.05, 4.69) is 104 Å². The van der Waals surface area contributed by atoms with Crippen molar-refractivity contribution in [2.24, 2.45) is 0 Å². The minimum Gasteiger partial charge on any atom is -0.289 e. The topological polar surface area (TPSA) is 91.8 Å². The number of amides is 4. The monoisotopic (exact) mass is 856 g/mol. The van der Waals surface area contributed by atoms with E-state index in [1.165, 1.54) is 68.6 Å². The van der Waals surface area contributed by atoms with E-state index < -0.39 is 29.4 Å². The number of ketones is 1. The Labute approximate surface area is 363 Å². The number of hydrogen-bond acceptors (Lipinski definition) is 9.